The maximum atomic E-state index is 12.3. The van der Waals surface area contributed by atoms with Crippen molar-refractivity contribution >= 4 is 5.91 Å². The molecule has 0 spiro atoms. The fraction of sp³-hybridized carbons (Fsp3) is 0.692. The van der Waals surface area contributed by atoms with Gasteiger partial charge in [0.25, 0.3) is 0 Å². The van der Waals surface area contributed by atoms with Gasteiger partial charge in [0.1, 0.15) is 6.04 Å². The van der Waals surface area contributed by atoms with E-state index in [0.29, 0.717) is 5.92 Å². The van der Waals surface area contributed by atoms with Gasteiger partial charge in [-0.15, -0.1) is 6.58 Å². The minimum Gasteiger partial charge on any atom is -0.325 e. The molecule has 0 bridgehead atoms. The summed E-state index contributed by atoms with van der Waals surface area (Å²) in [4.78, 5) is 14.0. The number of likely N-dealkylation sites (tertiary alicyclic amines) is 1. The molecule has 0 aliphatic carbocycles. The number of amides is 1. The maximum absolute atomic E-state index is 12.3. The number of nitrogens with zero attached hydrogens (tertiary/aromatic N) is 2. The molecule has 3 atom stereocenters. The smallest absolute Gasteiger partial charge is 0.240 e. The summed E-state index contributed by atoms with van der Waals surface area (Å²) < 4.78 is 0. The van der Waals surface area contributed by atoms with Crippen LogP contribution in [0.3, 0.4) is 0 Å². The standard InChI is InChI=1S/C13H19N3O/c1-2-4-10-7-12(15-9-10)13(17)16-6-3-5-11(16)8-14/h2,10-12,15H,1,3-7,9H2/t10-,11-,12-/m0/s1. The number of hydrogen-bond donors (Lipinski definition) is 1. The number of hydrogen-bond acceptors (Lipinski definition) is 3. The van der Waals surface area contributed by atoms with Gasteiger partial charge in [0.05, 0.1) is 12.1 Å². The minimum absolute atomic E-state index is 0.0890. The van der Waals surface area contributed by atoms with Crippen molar-refractivity contribution in [3.63, 3.8) is 0 Å². The molecule has 2 heterocycles. The zero-order valence-corrected chi connectivity index (χ0v) is 10.1. The monoisotopic (exact) mass is 233 g/mol. The molecule has 17 heavy (non-hydrogen) atoms. The fourth-order valence-electron chi connectivity index (χ4n) is 2.78. The van der Waals surface area contributed by atoms with Gasteiger partial charge in [-0.2, -0.15) is 5.26 Å². The molecule has 0 saturated carbocycles. The summed E-state index contributed by atoms with van der Waals surface area (Å²) in [6, 6.07) is 1.92. The van der Waals surface area contributed by atoms with Crippen LogP contribution in [0.25, 0.3) is 0 Å². The highest BCUT2D eigenvalue weighted by molar-refractivity contribution is 5.83. The second-order valence-electron chi connectivity index (χ2n) is 4.91. The number of nitrogens with one attached hydrogen (secondary N) is 1. The Morgan fingerprint density at radius 2 is 2.47 bits per heavy atom. The molecule has 0 aromatic rings. The minimum atomic E-state index is -0.206. The van der Waals surface area contributed by atoms with Crippen molar-refractivity contribution in [2.45, 2.75) is 37.8 Å². The van der Waals surface area contributed by atoms with Gasteiger partial charge in [-0.05, 0) is 38.1 Å². The second-order valence-corrected chi connectivity index (χ2v) is 4.91. The zero-order valence-electron chi connectivity index (χ0n) is 10.1. The van der Waals surface area contributed by atoms with Crippen molar-refractivity contribution in [1.82, 2.24) is 10.2 Å². The Labute approximate surface area is 102 Å². The number of nitriles is 1. The van der Waals surface area contributed by atoms with E-state index in [1.165, 1.54) is 0 Å². The molecule has 2 saturated heterocycles. The van der Waals surface area contributed by atoms with E-state index < -0.39 is 0 Å². The van der Waals surface area contributed by atoms with Crippen molar-refractivity contribution in [1.29, 1.82) is 5.26 Å². The molecule has 2 aliphatic heterocycles. The van der Waals surface area contributed by atoms with Gasteiger partial charge in [-0.3, -0.25) is 4.79 Å². The lowest BCUT2D eigenvalue weighted by Gasteiger charge is -2.23. The van der Waals surface area contributed by atoms with E-state index >= 15 is 0 Å². The molecule has 4 nitrogen and oxygen atoms in total. The van der Waals surface area contributed by atoms with Crippen molar-refractivity contribution < 1.29 is 4.79 Å². The average molecular weight is 233 g/mol. The van der Waals surface area contributed by atoms with Crippen LogP contribution in [0.5, 0.6) is 0 Å². The molecule has 0 radical (unpaired) electrons. The molecule has 0 aromatic heterocycles. The summed E-state index contributed by atoms with van der Waals surface area (Å²) in [6.07, 6.45) is 5.52. The number of allylic oxidation sites excluding steroid dienone is 1. The summed E-state index contributed by atoms with van der Waals surface area (Å²) in [5.74, 6) is 0.630. The quantitative estimate of drug-likeness (QED) is 0.741. The molecule has 2 fully saturated rings. The molecule has 4 heteroatoms. The van der Waals surface area contributed by atoms with Crippen LogP contribution in [0, 0.1) is 17.2 Å². The third-order valence-electron chi connectivity index (χ3n) is 3.70. The lowest BCUT2D eigenvalue weighted by molar-refractivity contribution is -0.133. The van der Waals surface area contributed by atoms with E-state index in [2.05, 4.69) is 18.0 Å². The van der Waals surface area contributed by atoms with Gasteiger partial charge in [-0.1, -0.05) is 6.08 Å². The zero-order chi connectivity index (χ0) is 12.3. The molecular formula is C13H19N3O. The Balaban J connectivity index is 1.93. The van der Waals surface area contributed by atoms with Gasteiger partial charge in [0, 0.05) is 6.54 Å². The third kappa shape index (κ3) is 2.50. The van der Waals surface area contributed by atoms with Crippen molar-refractivity contribution in [2.24, 2.45) is 5.92 Å². The fourth-order valence-corrected chi connectivity index (χ4v) is 2.78. The van der Waals surface area contributed by atoms with Crippen molar-refractivity contribution in [2.75, 3.05) is 13.1 Å². The van der Waals surface area contributed by atoms with Crippen LogP contribution in [0.15, 0.2) is 12.7 Å². The average Bonchev–Trinajstić information content (AvgIpc) is 2.96. The predicted octanol–water partition coefficient (Wildman–Crippen LogP) is 1.06. The highest BCUT2D eigenvalue weighted by Gasteiger charge is 2.36. The SMILES string of the molecule is C=CC[C@@H]1CN[C@H](C(=O)N2CCC[C@H]2C#N)C1. The first-order chi connectivity index (χ1) is 8.26. The van der Waals surface area contributed by atoms with E-state index in [9.17, 15) is 4.79 Å². The summed E-state index contributed by atoms with van der Waals surface area (Å²) in [5, 5.41) is 12.3. The first-order valence-corrected chi connectivity index (χ1v) is 6.30. The normalized spacial score (nSPS) is 32.4. The van der Waals surface area contributed by atoms with Crippen molar-refractivity contribution in [3.8, 4) is 6.07 Å². The molecular weight excluding hydrogens is 214 g/mol. The Bertz CT molecular complexity index is 347. The molecule has 2 rings (SSSR count). The Kier molecular flexibility index (Phi) is 3.80. The first kappa shape index (κ1) is 12.1. The molecule has 2 aliphatic rings. The first-order valence-electron chi connectivity index (χ1n) is 6.30. The maximum Gasteiger partial charge on any atom is 0.240 e. The van der Waals surface area contributed by atoms with E-state index in [1.807, 2.05) is 6.08 Å². The van der Waals surface area contributed by atoms with Gasteiger partial charge < -0.3 is 10.2 Å². The van der Waals surface area contributed by atoms with E-state index in [-0.39, 0.29) is 18.0 Å². The van der Waals surface area contributed by atoms with Gasteiger partial charge in [-0.25, -0.2) is 0 Å². The molecule has 0 aromatic carbocycles. The largest absolute Gasteiger partial charge is 0.325 e. The van der Waals surface area contributed by atoms with E-state index in [1.54, 1.807) is 4.90 Å². The number of carbonyl (C=O) groups is 1. The van der Waals surface area contributed by atoms with Crippen LogP contribution in [0.1, 0.15) is 25.7 Å². The van der Waals surface area contributed by atoms with Crippen LogP contribution >= 0.6 is 0 Å². The Morgan fingerprint density at radius 3 is 3.18 bits per heavy atom. The van der Waals surface area contributed by atoms with Gasteiger partial charge >= 0.3 is 0 Å². The summed E-state index contributed by atoms with van der Waals surface area (Å²) >= 11 is 0. The van der Waals surface area contributed by atoms with Crippen LogP contribution in [-0.2, 0) is 4.79 Å². The van der Waals surface area contributed by atoms with Crippen LogP contribution < -0.4 is 5.32 Å². The van der Waals surface area contributed by atoms with Gasteiger partial charge in [0.15, 0.2) is 0 Å². The molecule has 0 unspecified atom stereocenters. The van der Waals surface area contributed by atoms with Crippen LogP contribution in [-0.4, -0.2) is 36.0 Å². The third-order valence-corrected chi connectivity index (χ3v) is 3.70. The molecule has 1 amide bonds. The Morgan fingerprint density at radius 1 is 1.65 bits per heavy atom. The van der Waals surface area contributed by atoms with Crippen LogP contribution in [0.4, 0.5) is 0 Å². The molecule has 1 N–H and O–H groups in total. The number of carbonyl (C=O) groups excluding carboxylic acids is 1. The highest BCUT2D eigenvalue weighted by atomic mass is 16.2. The lowest BCUT2D eigenvalue weighted by Crippen LogP contribution is -2.45. The predicted molar refractivity (Wildman–Crippen MR) is 65.1 cm³/mol. The summed E-state index contributed by atoms with van der Waals surface area (Å²) in [7, 11) is 0. The number of rotatable bonds is 3. The van der Waals surface area contributed by atoms with Crippen LogP contribution in [0.2, 0.25) is 0 Å². The summed E-state index contributed by atoms with van der Waals surface area (Å²) in [6.45, 7) is 5.35. The van der Waals surface area contributed by atoms with E-state index in [0.717, 1.165) is 38.8 Å². The molecule has 92 valence electrons. The topological polar surface area (TPSA) is 56.1 Å². The van der Waals surface area contributed by atoms with Gasteiger partial charge in [0.2, 0.25) is 5.91 Å². The summed E-state index contributed by atoms with van der Waals surface area (Å²) in [5.41, 5.74) is 0. The van der Waals surface area contributed by atoms with E-state index in [4.69, 9.17) is 5.26 Å². The highest BCUT2D eigenvalue weighted by Crippen LogP contribution is 2.23. The lowest BCUT2D eigenvalue weighted by atomic mass is 10.0. The second kappa shape index (κ2) is 5.33. The Hall–Kier alpha value is -1.34. The van der Waals surface area contributed by atoms with Crippen molar-refractivity contribution in [3.05, 3.63) is 12.7 Å².